The van der Waals surface area contributed by atoms with E-state index in [-0.39, 0.29) is 18.1 Å². The summed E-state index contributed by atoms with van der Waals surface area (Å²) in [5.41, 5.74) is 1.91. The summed E-state index contributed by atoms with van der Waals surface area (Å²) in [6, 6.07) is 13.9. The molecule has 0 bridgehead atoms. The highest BCUT2D eigenvalue weighted by molar-refractivity contribution is 5.99. The van der Waals surface area contributed by atoms with Crippen LogP contribution in [0.15, 0.2) is 48.5 Å². The van der Waals surface area contributed by atoms with Crippen molar-refractivity contribution in [1.29, 1.82) is 0 Å². The molecule has 0 spiro atoms. The topological polar surface area (TPSA) is 29.1 Å². The molecule has 0 aliphatic carbocycles. The Bertz CT molecular complexity index is 552. The maximum Gasteiger partial charge on any atom is 0.181 e. The zero-order valence-electron chi connectivity index (χ0n) is 10.1. The molecule has 0 aromatic heterocycles. The number of aryl methyl sites for hydroxylation is 1. The number of hydrogen-bond donors (Lipinski definition) is 1. The quantitative estimate of drug-likeness (QED) is 0.833. The molecular formula is C15H14FNO. The van der Waals surface area contributed by atoms with E-state index in [1.165, 1.54) is 12.1 Å². The lowest BCUT2D eigenvalue weighted by Crippen LogP contribution is -2.14. The summed E-state index contributed by atoms with van der Waals surface area (Å²) >= 11 is 0. The normalized spacial score (nSPS) is 10.1. The molecule has 0 aliphatic heterocycles. The summed E-state index contributed by atoms with van der Waals surface area (Å²) < 4.78 is 13.1. The Balaban J connectivity index is 2.02. The van der Waals surface area contributed by atoms with E-state index < -0.39 is 0 Å². The molecule has 18 heavy (non-hydrogen) atoms. The van der Waals surface area contributed by atoms with Crippen molar-refractivity contribution in [2.45, 2.75) is 6.92 Å². The molecule has 0 saturated heterocycles. The van der Waals surface area contributed by atoms with Gasteiger partial charge >= 0.3 is 0 Å². The summed E-state index contributed by atoms with van der Waals surface area (Å²) in [5, 5.41) is 3.03. The first-order valence-electron chi connectivity index (χ1n) is 5.75. The minimum absolute atomic E-state index is 0.0537. The Morgan fingerprint density at radius 1 is 1.17 bits per heavy atom. The fourth-order valence-corrected chi connectivity index (χ4v) is 1.66. The maximum absolute atomic E-state index is 13.1. The van der Waals surface area contributed by atoms with Gasteiger partial charge in [0.1, 0.15) is 5.82 Å². The second kappa shape index (κ2) is 5.45. The molecule has 3 heteroatoms. The van der Waals surface area contributed by atoms with E-state index in [1.807, 2.05) is 30.3 Å². The Kier molecular flexibility index (Phi) is 3.72. The number of Topliss-reactive ketones (excluding diaryl/α,β-unsaturated/α-hetero) is 1. The number of anilines is 1. The number of carbonyl (C=O) groups excluding carboxylic acids is 1. The van der Waals surface area contributed by atoms with Crippen LogP contribution in [0.5, 0.6) is 0 Å². The minimum atomic E-state index is -0.289. The van der Waals surface area contributed by atoms with Crippen LogP contribution in [-0.4, -0.2) is 12.3 Å². The first kappa shape index (κ1) is 12.3. The standard InChI is InChI=1S/C15H14FNO/c1-11-9-12(7-8-14(11)16)15(18)10-17-13-5-3-2-4-6-13/h2-9,17H,10H2,1H3. The number of rotatable bonds is 4. The van der Waals surface area contributed by atoms with Gasteiger partial charge in [0.25, 0.3) is 0 Å². The number of benzene rings is 2. The van der Waals surface area contributed by atoms with Gasteiger partial charge in [-0.2, -0.15) is 0 Å². The van der Waals surface area contributed by atoms with Crippen molar-refractivity contribution in [3.63, 3.8) is 0 Å². The van der Waals surface area contributed by atoms with Crippen LogP contribution in [0.1, 0.15) is 15.9 Å². The third-order valence-electron chi connectivity index (χ3n) is 2.71. The van der Waals surface area contributed by atoms with Gasteiger partial charge in [0.05, 0.1) is 6.54 Å². The number of halogens is 1. The minimum Gasteiger partial charge on any atom is -0.378 e. The zero-order chi connectivity index (χ0) is 13.0. The molecule has 0 aliphatic rings. The first-order chi connectivity index (χ1) is 8.66. The monoisotopic (exact) mass is 243 g/mol. The molecule has 0 fully saturated rings. The molecule has 2 aromatic rings. The van der Waals surface area contributed by atoms with Crippen LogP contribution in [0.2, 0.25) is 0 Å². The van der Waals surface area contributed by atoms with Crippen molar-refractivity contribution in [2.75, 3.05) is 11.9 Å². The number of nitrogens with one attached hydrogen (secondary N) is 1. The van der Waals surface area contributed by atoms with Gasteiger partial charge in [-0.05, 0) is 42.8 Å². The molecule has 92 valence electrons. The number of ketones is 1. The van der Waals surface area contributed by atoms with Crippen molar-refractivity contribution >= 4 is 11.5 Å². The average molecular weight is 243 g/mol. The summed E-state index contributed by atoms with van der Waals surface area (Å²) in [4.78, 5) is 11.9. The maximum atomic E-state index is 13.1. The second-order valence-electron chi connectivity index (χ2n) is 4.11. The van der Waals surface area contributed by atoms with Crippen LogP contribution in [0.3, 0.4) is 0 Å². The van der Waals surface area contributed by atoms with Crippen molar-refractivity contribution in [1.82, 2.24) is 0 Å². The van der Waals surface area contributed by atoms with Crippen molar-refractivity contribution in [3.8, 4) is 0 Å². The molecule has 0 radical (unpaired) electrons. The Morgan fingerprint density at radius 3 is 2.56 bits per heavy atom. The number of hydrogen-bond acceptors (Lipinski definition) is 2. The molecule has 0 unspecified atom stereocenters. The molecule has 0 atom stereocenters. The smallest absolute Gasteiger partial charge is 0.181 e. The van der Waals surface area contributed by atoms with Crippen LogP contribution >= 0.6 is 0 Å². The fourth-order valence-electron chi connectivity index (χ4n) is 1.66. The number of carbonyl (C=O) groups is 1. The largest absolute Gasteiger partial charge is 0.378 e. The molecule has 0 saturated carbocycles. The van der Waals surface area contributed by atoms with Gasteiger partial charge in [-0.3, -0.25) is 4.79 Å². The van der Waals surface area contributed by atoms with Gasteiger partial charge in [0, 0.05) is 11.3 Å². The van der Waals surface area contributed by atoms with Gasteiger partial charge in [-0.25, -0.2) is 4.39 Å². The molecule has 0 heterocycles. The first-order valence-corrected chi connectivity index (χ1v) is 5.75. The number of para-hydroxylation sites is 1. The van der Waals surface area contributed by atoms with Gasteiger partial charge < -0.3 is 5.32 Å². The Morgan fingerprint density at radius 2 is 1.89 bits per heavy atom. The third-order valence-corrected chi connectivity index (χ3v) is 2.71. The van der Waals surface area contributed by atoms with E-state index in [1.54, 1.807) is 13.0 Å². The van der Waals surface area contributed by atoms with Crippen LogP contribution < -0.4 is 5.32 Å². The highest BCUT2D eigenvalue weighted by atomic mass is 19.1. The van der Waals surface area contributed by atoms with Crippen LogP contribution in [0.4, 0.5) is 10.1 Å². The van der Waals surface area contributed by atoms with E-state index >= 15 is 0 Å². The third kappa shape index (κ3) is 2.94. The highest BCUT2D eigenvalue weighted by Crippen LogP contribution is 2.11. The lowest BCUT2D eigenvalue weighted by atomic mass is 10.1. The predicted molar refractivity (Wildman–Crippen MR) is 70.4 cm³/mol. The van der Waals surface area contributed by atoms with Gasteiger partial charge in [0.2, 0.25) is 0 Å². The summed E-state index contributed by atoms with van der Waals surface area (Å²) in [5.74, 6) is -0.343. The summed E-state index contributed by atoms with van der Waals surface area (Å²) in [6.07, 6.45) is 0. The van der Waals surface area contributed by atoms with Crippen LogP contribution in [0, 0.1) is 12.7 Å². The van der Waals surface area contributed by atoms with Crippen molar-refractivity contribution < 1.29 is 9.18 Å². The molecule has 1 N–H and O–H groups in total. The summed E-state index contributed by atoms with van der Waals surface area (Å²) in [6.45, 7) is 1.85. The SMILES string of the molecule is Cc1cc(C(=O)CNc2ccccc2)ccc1F. The lowest BCUT2D eigenvalue weighted by molar-refractivity contribution is 0.101. The van der Waals surface area contributed by atoms with E-state index in [2.05, 4.69) is 5.32 Å². The zero-order valence-corrected chi connectivity index (χ0v) is 10.1. The van der Waals surface area contributed by atoms with Crippen molar-refractivity contribution in [2.24, 2.45) is 0 Å². The van der Waals surface area contributed by atoms with Gasteiger partial charge in [-0.1, -0.05) is 18.2 Å². The van der Waals surface area contributed by atoms with Crippen LogP contribution in [0.25, 0.3) is 0 Å². The van der Waals surface area contributed by atoms with E-state index in [0.717, 1.165) is 5.69 Å². The molecule has 2 rings (SSSR count). The average Bonchev–Trinajstić information content (AvgIpc) is 2.40. The van der Waals surface area contributed by atoms with Crippen LogP contribution in [-0.2, 0) is 0 Å². The molecule has 2 nitrogen and oxygen atoms in total. The summed E-state index contributed by atoms with van der Waals surface area (Å²) in [7, 11) is 0. The van der Waals surface area contributed by atoms with Gasteiger partial charge in [0.15, 0.2) is 5.78 Å². The Labute approximate surface area is 105 Å². The molecule has 2 aromatic carbocycles. The van der Waals surface area contributed by atoms with E-state index in [0.29, 0.717) is 11.1 Å². The van der Waals surface area contributed by atoms with Gasteiger partial charge in [-0.15, -0.1) is 0 Å². The molecular weight excluding hydrogens is 229 g/mol. The predicted octanol–water partition coefficient (Wildman–Crippen LogP) is 3.43. The molecule has 0 amide bonds. The fraction of sp³-hybridized carbons (Fsp3) is 0.133. The highest BCUT2D eigenvalue weighted by Gasteiger charge is 2.07. The Hall–Kier alpha value is -2.16. The lowest BCUT2D eigenvalue weighted by Gasteiger charge is -2.06. The van der Waals surface area contributed by atoms with Crippen molar-refractivity contribution in [3.05, 3.63) is 65.5 Å². The van der Waals surface area contributed by atoms with E-state index in [9.17, 15) is 9.18 Å². The van der Waals surface area contributed by atoms with E-state index in [4.69, 9.17) is 0 Å². The second-order valence-corrected chi connectivity index (χ2v) is 4.11.